The van der Waals surface area contributed by atoms with Gasteiger partial charge in [0.2, 0.25) is 0 Å². The average Bonchev–Trinajstić information content (AvgIpc) is 2.57. The quantitative estimate of drug-likeness (QED) is 0.556. The maximum absolute atomic E-state index is 5.74. The number of fused-ring (bicyclic) bond motifs is 1. The number of allylic oxidation sites excluding steroid dienone is 3. The Hall–Kier alpha value is -1.50. The van der Waals surface area contributed by atoms with Crippen LogP contribution in [0.1, 0.15) is 24.0 Å². The van der Waals surface area contributed by atoms with Crippen LogP contribution in [0.15, 0.2) is 36.9 Å². The number of hydrogen-bond acceptors (Lipinski definition) is 1. The van der Waals surface area contributed by atoms with Gasteiger partial charge in [-0.3, -0.25) is 0 Å². The van der Waals surface area contributed by atoms with Crippen molar-refractivity contribution in [1.29, 1.82) is 0 Å². The number of rotatable bonds is 2. The third kappa shape index (κ3) is 1.58. The molecule has 0 bridgehead atoms. The summed E-state index contributed by atoms with van der Waals surface area (Å²) in [6.07, 6.45) is 7.42. The standard InChI is InChI=1S/C13H15N/c1-2-3-4-10-5-6-11-9-12(14)7-8-13(10)11/h2,4,7-9H,1,3,5-6,14H2. The first-order valence-electron chi connectivity index (χ1n) is 5.00. The lowest BCUT2D eigenvalue weighted by atomic mass is 10.1. The van der Waals surface area contributed by atoms with Crippen LogP contribution < -0.4 is 5.73 Å². The minimum absolute atomic E-state index is 0.869. The van der Waals surface area contributed by atoms with E-state index < -0.39 is 0 Å². The zero-order chi connectivity index (χ0) is 9.97. The molecular formula is C13H15N. The predicted octanol–water partition coefficient (Wildman–Crippen LogP) is 3.17. The van der Waals surface area contributed by atoms with Crippen LogP contribution in [0.3, 0.4) is 0 Å². The van der Waals surface area contributed by atoms with E-state index in [2.05, 4.69) is 24.8 Å². The maximum Gasteiger partial charge on any atom is 0.0317 e. The third-order valence-electron chi connectivity index (χ3n) is 2.67. The highest BCUT2D eigenvalue weighted by Gasteiger charge is 2.14. The lowest BCUT2D eigenvalue weighted by molar-refractivity contribution is 1.08. The smallest absolute Gasteiger partial charge is 0.0317 e. The summed E-state index contributed by atoms with van der Waals surface area (Å²) < 4.78 is 0. The van der Waals surface area contributed by atoms with Crippen molar-refractivity contribution in [3.8, 4) is 0 Å². The molecule has 0 fully saturated rings. The summed E-state index contributed by atoms with van der Waals surface area (Å²) in [4.78, 5) is 0. The van der Waals surface area contributed by atoms with Crippen LogP contribution in [0.25, 0.3) is 5.57 Å². The predicted molar refractivity (Wildman–Crippen MR) is 62.0 cm³/mol. The zero-order valence-electron chi connectivity index (χ0n) is 8.29. The molecule has 1 heteroatoms. The molecule has 0 atom stereocenters. The Labute approximate surface area is 84.9 Å². The monoisotopic (exact) mass is 185 g/mol. The second kappa shape index (κ2) is 3.70. The lowest BCUT2D eigenvalue weighted by Gasteiger charge is -2.01. The van der Waals surface area contributed by atoms with Gasteiger partial charge >= 0.3 is 0 Å². The number of aryl methyl sites for hydroxylation is 1. The summed E-state index contributed by atoms with van der Waals surface area (Å²) in [6.45, 7) is 3.73. The number of nitrogen functional groups attached to an aromatic ring is 1. The summed E-state index contributed by atoms with van der Waals surface area (Å²) in [5, 5.41) is 0. The van der Waals surface area contributed by atoms with Crippen molar-refractivity contribution in [2.24, 2.45) is 0 Å². The van der Waals surface area contributed by atoms with Crippen molar-refractivity contribution in [1.82, 2.24) is 0 Å². The number of anilines is 1. The molecule has 0 aliphatic heterocycles. The molecule has 0 unspecified atom stereocenters. The number of benzene rings is 1. The highest BCUT2D eigenvalue weighted by molar-refractivity contribution is 5.74. The van der Waals surface area contributed by atoms with E-state index in [-0.39, 0.29) is 0 Å². The van der Waals surface area contributed by atoms with Gasteiger partial charge in [0.05, 0.1) is 0 Å². The minimum Gasteiger partial charge on any atom is -0.399 e. The van der Waals surface area contributed by atoms with Crippen molar-refractivity contribution in [3.63, 3.8) is 0 Å². The highest BCUT2D eigenvalue weighted by Crippen LogP contribution is 2.33. The van der Waals surface area contributed by atoms with E-state index in [9.17, 15) is 0 Å². The fraction of sp³-hybridized carbons (Fsp3) is 0.231. The summed E-state index contributed by atoms with van der Waals surface area (Å²) in [5.74, 6) is 0. The summed E-state index contributed by atoms with van der Waals surface area (Å²) >= 11 is 0. The maximum atomic E-state index is 5.74. The molecule has 0 spiro atoms. The topological polar surface area (TPSA) is 26.0 Å². The highest BCUT2D eigenvalue weighted by atomic mass is 14.5. The Morgan fingerprint density at radius 2 is 2.21 bits per heavy atom. The van der Waals surface area contributed by atoms with E-state index in [1.165, 1.54) is 16.7 Å². The molecule has 1 nitrogen and oxygen atoms in total. The van der Waals surface area contributed by atoms with Crippen LogP contribution in [0, 0.1) is 0 Å². The van der Waals surface area contributed by atoms with Crippen molar-refractivity contribution in [2.45, 2.75) is 19.3 Å². The van der Waals surface area contributed by atoms with Gasteiger partial charge in [-0.1, -0.05) is 18.2 Å². The molecule has 1 aromatic carbocycles. The van der Waals surface area contributed by atoms with Gasteiger partial charge in [-0.25, -0.2) is 0 Å². The molecule has 0 aromatic heterocycles. The first-order chi connectivity index (χ1) is 6.81. The van der Waals surface area contributed by atoms with Crippen molar-refractivity contribution < 1.29 is 0 Å². The molecular weight excluding hydrogens is 170 g/mol. The van der Waals surface area contributed by atoms with Gasteiger partial charge < -0.3 is 5.73 Å². The van der Waals surface area contributed by atoms with E-state index in [1.54, 1.807) is 0 Å². The van der Waals surface area contributed by atoms with Gasteiger partial charge in [0, 0.05) is 5.69 Å². The van der Waals surface area contributed by atoms with Gasteiger partial charge in [-0.2, -0.15) is 0 Å². The molecule has 0 heterocycles. The number of hydrogen-bond donors (Lipinski definition) is 1. The molecule has 1 aromatic rings. The first-order valence-corrected chi connectivity index (χ1v) is 5.00. The Bertz CT molecular complexity index is 388. The largest absolute Gasteiger partial charge is 0.399 e. The second-order valence-electron chi connectivity index (χ2n) is 3.67. The fourth-order valence-electron chi connectivity index (χ4n) is 1.98. The van der Waals surface area contributed by atoms with Crippen LogP contribution in [0.4, 0.5) is 5.69 Å². The molecule has 0 saturated heterocycles. The molecule has 1 aliphatic rings. The Kier molecular flexibility index (Phi) is 2.40. The molecule has 0 radical (unpaired) electrons. The molecule has 2 N–H and O–H groups in total. The molecule has 14 heavy (non-hydrogen) atoms. The Balaban J connectivity index is 2.35. The van der Waals surface area contributed by atoms with Crippen LogP contribution in [-0.4, -0.2) is 0 Å². The van der Waals surface area contributed by atoms with E-state index in [4.69, 9.17) is 5.73 Å². The van der Waals surface area contributed by atoms with Gasteiger partial charge in [0.25, 0.3) is 0 Å². The van der Waals surface area contributed by atoms with Gasteiger partial charge in [-0.05, 0) is 48.1 Å². The van der Waals surface area contributed by atoms with Crippen LogP contribution in [-0.2, 0) is 6.42 Å². The first kappa shape index (κ1) is 9.07. The summed E-state index contributed by atoms with van der Waals surface area (Å²) in [7, 11) is 0. The Morgan fingerprint density at radius 1 is 1.36 bits per heavy atom. The SMILES string of the molecule is C=CCC=C1CCc2cc(N)ccc21. The normalized spacial score (nSPS) is 17.0. The van der Waals surface area contributed by atoms with E-state index in [0.717, 1.165) is 24.9 Å². The van der Waals surface area contributed by atoms with Crippen LogP contribution in [0.5, 0.6) is 0 Å². The second-order valence-corrected chi connectivity index (χ2v) is 3.67. The van der Waals surface area contributed by atoms with E-state index >= 15 is 0 Å². The molecule has 1 aliphatic carbocycles. The van der Waals surface area contributed by atoms with Crippen molar-refractivity contribution >= 4 is 11.3 Å². The lowest BCUT2D eigenvalue weighted by Crippen LogP contribution is -1.87. The zero-order valence-corrected chi connectivity index (χ0v) is 8.29. The van der Waals surface area contributed by atoms with Crippen LogP contribution >= 0.6 is 0 Å². The average molecular weight is 185 g/mol. The summed E-state index contributed by atoms with van der Waals surface area (Å²) in [5.41, 5.74) is 10.8. The van der Waals surface area contributed by atoms with Gasteiger partial charge in [-0.15, -0.1) is 6.58 Å². The fourth-order valence-corrected chi connectivity index (χ4v) is 1.98. The van der Waals surface area contributed by atoms with Crippen molar-refractivity contribution in [2.75, 3.05) is 5.73 Å². The molecule has 2 rings (SSSR count). The van der Waals surface area contributed by atoms with E-state index in [0.29, 0.717) is 0 Å². The third-order valence-corrected chi connectivity index (χ3v) is 2.67. The number of nitrogens with two attached hydrogens (primary N) is 1. The van der Waals surface area contributed by atoms with Crippen molar-refractivity contribution in [3.05, 3.63) is 48.1 Å². The van der Waals surface area contributed by atoms with Crippen LogP contribution in [0.2, 0.25) is 0 Å². The van der Waals surface area contributed by atoms with Gasteiger partial charge in [0.1, 0.15) is 0 Å². The van der Waals surface area contributed by atoms with E-state index in [1.807, 2.05) is 12.1 Å². The summed E-state index contributed by atoms with van der Waals surface area (Å²) in [6, 6.07) is 6.20. The molecule has 0 saturated carbocycles. The molecule has 0 amide bonds. The van der Waals surface area contributed by atoms with Gasteiger partial charge in [0.15, 0.2) is 0 Å². The Morgan fingerprint density at radius 3 is 3.00 bits per heavy atom. The minimum atomic E-state index is 0.869. The molecule has 72 valence electrons.